The number of nitrogens with one attached hydrogen (secondary N) is 1. The van der Waals surface area contributed by atoms with E-state index in [2.05, 4.69) is 15.5 Å². The fourth-order valence-corrected chi connectivity index (χ4v) is 6.06. The number of carbonyl (C=O) groups is 2. The SMILES string of the molecule is COC(=O)c1c(NC(=O)CSc2nnc(-c3ccc(Cl)s3)o2)sc2c1CCCCC2. The van der Waals surface area contributed by atoms with Crippen molar-refractivity contribution in [1.29, 1.82) is 0 Å². The molecule has 0 bridgehead atoms. The summed E-state index contributed by atoms with van der Waals surface area (Å²) in [6.07, 6.45) is 5.02. The summed E-state index contributed by atoms with van der Waals surface area (Å²) >= 11 is 9.87. The summed E-state index contributed by atoms with van der Waals surface area (Å²) in [4.78, 5) is 26.8. The summed E-state index contributed by atoms with van der Waals surface area (Å²) in [6, 6.07) is 3.56. The molecule has 0 saturated carbocycles. The molecule has 1 aliphatic rings. The topological polar surface area (TPSA) is 94.3 Å². The summed E-state index contributed by atoms with van der Waals surface area (Å²) in [5.74, 6) is -0.213. The molecular formula is C19H18ClN3O4S3. The highest BCUT2D eigenvalue weighted by molar-refractivity contribution is 7.99. The number of thiophene rings is 2. The first-order valence-electron chi connectivity index (χ1n) is 9.30. The van der Waals surface area contributed by atoms with Crippen molar-refractivity contribution in [3.63, 3.8) is 0 Å². The lowest BCUT2D eigenvalue weighted by Gasteiger charge is -2.07. The molecule has 0 spiro atoms. The standard InChI is InChI=1S/C19H18ClN3O4S3/c1-26-18(25)15-10-5-3-2-4-6-11(10)30-17(15)21-14(24)9-28-19-23-22-16(27-19)12-7-8-13(20)29-12/h7-8H,2-6,9H2,1H3,(H,21,24). The van der Waals surface area contributed by atoms with E-state index in [1.54, 1.807) is 12.1 Å². The summed E-state index contributed by atoms with van der Waals surface area (Å²) in [5, 5.41) is 11.7. The van der Waals surface area contributed by atoms with E-state index in [9.17, 15) is 9.59 Å². The third-order valence-corrected chi connectivity index (χ3v) is 7.83. The van der Waals surface area contributed by atoms with Crippen molar-refractivity contribution in [2.45, 2.75) is 37.3 Å². The van der Waals surface area contributed by atoms with Gasteiger partial charge >= 0.3 is 5.97 Å². The number of anilines is 1. The lowest BCUT2D eigenvalue weighted by Crippen LogP contribution is -2.16. The van der Waals surface area contributed by atoms with Gasteiger partial charge in [-0.1, -0.05) is 29.8 Å². The summed E-state index contributed by atoms with van der Waals surface area (Å²) < 4.78 is 11.2. The number of methoxy groups -OCH3 is 1. The maximum absolute atomic E-state index is 12.5. The van der Waals surface area contributed by atoms with E-state index in [4.69, 9.17) is 20.8 Å². The van der Waals surface area contributed by atoms with Gasteiger partial charge in [-0.3, -0.25) is 4.79 Å². The van der Waals surface area contributed by atoms with Crippen LogP contribution in [0.25, 0.3) is 10.8 Å². The molecule has 1 N–H and O–H groups in total. The third kappa shape index (κ3) is 4.72. The Hall–Kier alpha value is -1.88. The molecule has 0 unspecified atom stereocenters. The number of hydrogen-bond donors (Lipinski definition) is 1. The van der Waals surface area contributed by atoms with Crippen molar-refractivity contribution in [2.75, 3.05) is 18.2 Å². The highest BCUT2D eigenvalue weighted by Gasteiger charge is 2.26. The van der Waals surface area contributed by atoms with Crippen LogP contribution < -0.4 is 5.32 Å². The molecule has 30 heavy (non-hydrogen) atoms. The Labute approximate surface area is 190 Å². The second-order valence-corrected chi connectivity index (χ2v) is 10.3. The third-order valence-electron chi connectivity index (χ3n) is 4.58. The van der Waals surface area contributed by atoms with Gasteiger partial charge < -0.3 is 14.5 Å². The Morgan fingerprint density at radius 3 is 2.83 bits per heavy atom. The van der Waals surface area contributed by atoms with Crippen LogP contribution in [0.15, 0.2) is 21.8 Å². The van der Waals surface area contributed by atoms with Crippen LogP contribution in [0.1, 0.15) is 40.1 Å². The highest BCUT2D eigenvalue weighted by Crippen LogP contribution is 2.38. The van der Waals surface area contributed by atoms with Crippen LogP contribution in [0.5, 0.6) is 0 Å². The molecule has 4 rings (SSSR count). The smallest absolute Gasteiger partial charge is 0.341 e. The van der Waals surface area contributed by atoms with Crippen molar-refractivity contribution in [1.82, 2.24) is 10.2 Å². The van der Waals surface area contributed by atoms with Crippen LogP contribution in [0.3, 0.4) is 0 Å². The maximum atomic E-state index is 12.5. The molecule has 3 aromatic heterocycles. The Morgan fingerprint density at radius 1 is 1.23 bits per heavy atom. The predicted octanol–water partition coefficient (Wildman–Crippen LogP) is 5.30. The molecule has 1 aliphatic carbocycles. The van der Waals surface area contributed by atoms with E-state index in [0.717, 1.165) is 59.2 Å². The Morgan fingerprint density at radius 2 is 2.07 bits per heavy atom. The number of rotatable bonds is 6. The van der Waals surface area contributed by atoms with Gasteiger partial charge in [-0.15, -0.1) is 32.9 Å². The minimum Gasteiger partial charge on any atom is -0.465 e. The molecule has 158 valence electrons. The Kier molecular flexibility index (Phi) is 6.77. The number of thioether (sulfide) groups is 1. The Balaban J connectivity index is 1.43. The van der Waals surface area contributed by atoms with Crippen LogP contribution in [-0.4, -0.2) is 34.9 Å². The molecule has 11 heteroatoms. The first kappa shape index (κ1) is 21.4. The number of carbonyl (C=O) groups excluding carboxylic acids is 2. The normalized spacial score (nSPS) is 13.5. The number of aryl methyl sites for hydroxylation is 1. The average Bonchev–Trinajstić information content (AvgIpc) is 3.41. The van der Waals surface area contributed by atoms with Gasteiger partial charge in [0.15, 0.2) is 0 Å². The van der Waals surface area contributed by atoms with Crippen molar-refractivity contribution >= 4 is 62.9 Å². The predicted molar refractivity (Wildman–Crippen MR) is 119 cm³/mol. The number of aromatic nitrogens is 2. The zero-order valence-corrected chi connectivity index (χ0v) is 19.2. The molecule has 0 fully saturated rings. The fraction of sp³-hybridized carbons (Fsp3) is 0.368. The zero-order valence-electron chi connectivity index (χ0n) is 16.0. The number of ether oxygens (including phenoxy) is 1. The maximum Gasteiger partial charge on any atom is 0.341 e. The molecule has 0 atom stereocenters. The summed E-state index contributed by atoms with van der Waals surface area (Å²) in [6.45, 7) is 0. The van der Waals surface area contributed by atoms with E-state index in [1.165, 1.54) is 29.8 Å². The Bertz CT molecular complexity index is 1080. The van der Waals surface area contributed by atoms with Crippen LogP contribution in [-0.2, 0) is 22.4 Å². The largest absolute Gasteiger partial charge is 0.465 e. The number of fused-ring (bicyclic) bond motifs is 1. The molecular weight excluding hydrogens is 466 g/mol. The molecule has 1 amide bonds. The second kappa shape index (κ2) is 9.51. The van der Waals surface area contributed by atoms with Gasteiger partial charge in [-0.25, -0.2) is 4.79 Å². The number of nitrogens with zero attached hydrogens (tertiary/aromatic N) is 2. The summed E-state index contributed by atoms with van der Waals surface area (Å²) in [5.41, 5.74) is 1.51. The van der Waals surface area contributed by atoms with E-state index in [1.807, 2.05) is 0 Å². The average molecular weight is 484 g/mol. The fourth-order valence-electron chi connectivity index (χ4n) is 3.24. The first-order chi connectivity index (χ1) is 14.5. The second-order valence-electron chi connectivity index (χ2n) is 6.57. The molecule has 0 aromatic carbocycles. The van der Waals surface area contributed by atoms with Gasteiger partial charge in [0.25, 0.3) is 11.1 Å². The minimum absolute atomic E-state index is 0.0794. The van der Waals surface area contributed by atoms with E-state index < -0.39 is 5.97 Å². The van der Waals surface area contributed by atoms with Gasteiger partial charge in [0, 0.05) is 4.88 Å². The minimum atomic E-state index is -0.409. The van der Waals surface area contributed by atoms with Crippen molar-refractivity contribution in [3.05, 3.63) is 32.5 Å². The van der Waals surface area contributed by atoms with Crippen LogP contribution in [0.2, 0.25) is 4.34 Å². The molecule has 0 radical (unpaired) electrons. The molecule has 3 aromatic rings. The monoisotopic (exact) mass is 483 g/mol. The highest BCUT2D eigenvalue weighted by atomic mass is 35.5. The van der Waals surface area contributed by atoms with Crippen molar-refractivity contribution in [3.8, 4) is 10.8 Å². The van der Waals surface area contributed by atoms with Gasteiger partial charge in [0.05, 0.1) is 27.6 Å². The zero-order chi connectivity index (χ0) is 21.1. The van der Waals surface area contributed by atoms with Gasteiger partial charge in [0.2, 0.25) is 5.91 Å². The van der Waals surface area contributed by atoms with Crippen LogP contribution in [0.4, 0.5) is 5.00 Å². The van der Waals surface area contributed by atoms with E-state index in [-0.39, 0.29) is 11.7 Å². The summed E-state index contributed by atoms with van der Waals surface area (Å²) in [7, 11) is 1.36. The van der Waals surface area contributed by atoms with Crippen LogP contribution >= 0.6 is 46.0 Å². The van der Waals surface area contributed by atoms with Crippen LogP contribution in [0, 0.1) is 0 Å². The molecule has 7 nitrogen and oxygen atoms in total. The van der Waals surface area contributed by atoms with Gasteiger partial charge in [0.1, 0.15) is 5.00 Å². The van der Waals surface area contributed by atoms with E-state index in [0.29, 0.717) is 26.0 Å². The number of hydrogen-bond acceptors (Lipinski definition) is 9. The number of esters is 1. The van der Waals surface area contributed by atoms with Crippen molar-refractivity contribution < 1.29 is 18.7 Å². The molecule has 0 saturated heterocycles. The molecule has 3 heterocycles. The quantitative estimate of drug-likeness (QED) is 0.289. The van der Waals surface area contributed by atoms with Crippen molar-refractivity contribution in [2.24, 2.45) is 0 Å². The molecule has 0 aliphatic heterocycles. The lowest BCUT2D eigenvalue weighted by atomic mass is 10.1. The van der Waals surface area contributed by atoms with Gasteiger partial charge in [-0.05, 0) is 43.4 Å². The van der Waals surface area contributed by atoms with Gasteiger partial charge in [-0.2, -0.15) is 0 Å². The number of amides is 1. The lowest BCUT2D eigenvalue weighted by molar-refractivity contribution is -0.113. The number of halogens is 1. The first-order valence-corrected chi connectivity index (χ1v) is 12.3. The van der Waals surface area contributed by atoms with E-state index >= 15 is 0 Å².